The molecule has 0 saturated carbocycles. The Hall–Kier alpha value is -1.26. The van der Waals surface area contributed by atoms with E-state index in [2.05, 4.69) is 5.32 Å². The minimum Gasteiger partial charge on any atom is -0.480 e. The SMILES string of the molecule is [2H]CC(C)(C)OC(=O)NC(C)(C)C(=O)O. The van der Waals surface area contributed by atoms with Gasteiger partial charge in [-0.3, -0.25) is 0 Å². The average molecular weight is 204 g/mol. The van der Waals surface area contributed by atoms with Crippen molar-refractivity contribution in [2.24, 2.45) is 0 Å². The maximum absolute atomic E-state index is 11.3. The van der Waals surface area contributed by atoms with Gasteiger partial charge >= 0.3 is 12.1 Å². The summed E-state index contributed by atoms with van der Waals surface area (Å²) in [6, 6.07) is 0. The Labute approximate surface area is 84.8 Å². The number of carboxylic acids is 1. The van der Waals surface area contributed by atoms with Gasteiger partial charge in [0.05, 0.1) is 0 Å². The molecule has 1 amide bonds. The van der Waals surface area contributed by atoms with E-state index in [1.165, 1.54) is 13.8 Å². The number of aliphatic carboxylic acids is 1. The fraction of sp³-hybridized carbons (Fsp3) is 0.778. The maximum atomic E-state index is 11.3. The Kier molecular flexibility index (Phi) is 2.98. The predicted octanol–water partition coefficient (Wildman–Crippen LogP) is 1.37. The van der Waals surface area contributed by atoms with Crippen molar-refractivity contribution >= 4 is 12.1 Å². The molecule has 0 fully saturated rings. The molecule has 0 radical (unpaired) electrons. The van der Waals surface area contributed by atoms with E-state index in [9.17, 15) is 9.59 Å². The summed E-state index contributed by atoms with van der Waals surface area (Å²) < 4.78 is 12.0. The summed E-state index contributed by atoms with van der Waals surface area (Å²) in [5.41, 5.74) is -2.30. The van der Waals surface area contributed by atoms with Crippen molar-refractivity contribution in [3.8, 4) is 0 Å². The number of nitrogens with one attached hydrogen (secondary N) is 1. The van der Waals surface area contributed by atoms with E-state index in [0.29, 0.717) is 0 Å². The van der Waals surface area contributed by atoms with Crippen molar-refractivity contribution in [2.45, 2.75) is 45.7 Å². The largest absolute Gasteiger partial charge is 0.480 e. The van der Waals surface area contributed by atoms with Crippen LogP contribution in [0.25, 0.3) is 0 Å². The number of ether oxygens (including phenoxy) is 1. The third kappa shape index (κ3) is 4.69. The lowest BCUT2D eigenvalue weighted by molar-refractivity contribution is -0.143. The highest BCUT2D eigenvalue weighted by molar-refractivity contribution is 5.83. The number of carbonyl (C=O) groups is 2. The summed E-state index contributed by atoms with van der Waals surface area (Å²) in [4.78, 5) is 21.9. The summed E-state index contributed by atoms with van der Waals surface area (Å²) >= 11 is 0. The Morgan fingerprint density at radius 1 is 1.36 bits per heavy atom. The predicted molar refractivity (Wildman–Crippen MR) is 51.1 cm³/mol. The highest BCUT2D eigenvalue weighted by Crippen LogP contribution is 2.09. The fourth-order valence-electron chi connectivity index (χ4n) is 0.585. The van der Waals surface area contributed by atoms with Gasteiger partial charge in [0.2, 0.25) is 0 Å². The number of alkyl carbamates (subject to hydrolysis) is 1. The fourth-order valence-corrected chi connectivity index (χ4v) is 0.585. The molecule has 0 aromatic carbocycles. The van der Waals surface area contributed by atoms with Crippen molar-refractivity contribution in [3.63, 3.8) is 0 Å². The molecule has 5 nitrogen and oxygen atoms in total. The lowest BCUT2D eigenvalue weighted by Gasteiger charge is -2.25. The van der Waals surface area contributed by atoms with Gasteiger partial charge < -0.3 is 15.2 Å². The summed E-state index contributed by atoms with van der Waals surface area (Å²) in [6.07, 6.45) is -0.834. The first kappa shape index (κ1) is 10.8. The van der Waals surface area contributed by atoms with Gasteiger partial charge in [0.25, 0.3) is 0 Å². The Balaban J connectivity index is 4.34. The van der Waals surface area contributed by atoms with Crippen molar-refractivity contribution in [2.75, 3.05) is 0 Å². The van der Waals surface area contributed by atoms with E-state index in [0.717, 1.165) is 0 Å². The summed E-state index contributed by atoms with van der Waals surface area (Å²) in [7, 11) is 0. The van der Waals surface area contributed by atoms with E-state index < -0.39 is 23.2 Å². The lowest BCUT2D eigenvalue weighted by Crippen LogP contribution is -2.51. The van der Waals surface area contributed by atoms with Crippen LogP contribution in [0.5, 0.6) is 0 Å². The molecule has 0 spiro atoms. The molecule has 0 aliphatic carbocycles. The minimum atomic E-state index is -1.38. The molecule has 0 bridgehead atoms. The van der Waals surface area contributed by atoms with Gasteiger partial charge in [-0.1, -0.05) is 0 Å². The molecule has 0 aliphatic heterocycles. The van der Waals surface area contributed by atoms with E-state index in [1.807, 2.05) is 0 Å². The molecule has 14 heavy (non-hydrogen) atoms. The van der Waals surface area contributed by atoms with Gasteiger partial charge in [-0.05, 0) is 34.6 Å². The van der Waals surface area contributed by atoms with E-state index in [4.69, 9.17) is 11.2 Å². The first-order chi connectivity index (χ1) is 6.60. The lowest BCUT2D eigenvalue weighted by atomic mass is 10.1. The van der Waals surface area contributed by atoms with Crippen LogP contribution in [-0.4, -0.2) is 28.3 Å². The van der Waals surface area contributed by atoms with Crippen LogP contribution in [-0.2, 0) is 9.53 Å². The first-order valence-corrected chi connectivity index (χ1v) is 4.14. The van der Waals surface area contributed by atoms with Gasteiger partial charge in [-0.25, -0.2) is 9.59 Å². The van der Waals surface area contributed by atoms with Gasteiger partial charge in [0, 0.05) is 1.37 Å². The van der Waals surface area contributed by atoms with Crippen molar-refractivity contribution in [3.05, 3.63) is 0 Å². The molecule has 0 aliphatic rings. The molecule has 0 saturated heterocycles. The molecule has 0 aromatic rings. The van der Waals surface area contributed by atoms with Crippen LogP contribution in [0.15, 0.2) is 0 Å². The Morgan fingerprint density at radius 3 is 2.21 bits per heavy atom. The highest BCUT2D eigenvalue weighted by Gasteiger charge is 2.30. The van der Waals surface area contributed by atoms with Crippen LogP contribution in [0, 0.1) is 0 Å². The third-order valence-corrected chi connectivity index (χ3v) is 1.32. The Bertz CT molecular complexity index is 263. The van der Waals surface area contributed by atoms with Crippen LogP contribution in [0.3, 0.4) is 0 Å². The molecule has 0 unspecified atom stereocenters. The zero-order chi connectivity index (χ0) is 12.3. The number of amides is 1. The standard InChI is InChI=1S/C9H17NO4/c1-8(2,3)14-7(13)10-9(4,5)6(11)12/h1-5H3,(H,10,13)(H,11,12)/i1D. The maximum Gasteiger partial charge on any atom is 0.408 e. The number of hydrogen-bond acceptors (Lipinski definition) is 3. The van der Waals surface area contributed by atoms with Gasteiger partial charge in [0.15, 0.2) is 0 Å². The van der Waals surface area contributed by atoms with Gasteiger partial charge in [-0.2, -0.15) is 0 Å². The molecular formula is C9H17NO4. The Morgan fingerprint density at radius 2 is 1.86 bits per heavy atom. The monoisotopic (exact) mass is 204 g/mol. The average Bonchev–Trinajstić information content (AvgIpc) is 2.01. The molecule has 0 aromatic heterocycles. The molecule has 0 atom stereocenters. The highest BCUT2D eigenvalue weighted by atomic mass is 16.6. The normalized spacial score (nSPS) is 13.0. The third-order valence-electron chi connectivity index (χ3n) is 1.32. The van der Waals surface area contributed by atoms with Crippen LogP contribution >= 0.6 is 0 Å². The minimum absolute atomic E-state index is 0.0894. The van der Waals surface area contributed by atoms with Crippen molar-refractivity contribution in [1.82, 2.24) is 5.32 Å². The van der Waals surface area contributed by atoms with Crippen molar-refractivity contribution < 1.29 is 20.8 Å². The summed E-state index contributed by atoms with van der Waals surface area (Å²) in [5.74, 6) is -1.15. The number of carbonyl (C=O) groups excluding carboxylic acids is 1. The second kappa shape index (κ2) is 3.86. The van der Waals surface area contributed by atoms with Crippen LogP contribution in [0.2, 0.25) is 0 Å². The number of hydrogen-bond donors (Lipinski definition) is 2. The van der Waals surface area contributed by atoms with Crippen LogP contribution in [0.4, 0.5) is 4.79 Å². The van der Waals surface area contributed by atoms with Gasteiger partial charge in [-0.15, -0.1) is 0 Å². The second-order valence-electron chi connectivity index (χ2n) is 4.20. The van der Waals surface area contributed by atoms with E-state index >= 15 is 0 Å². The molecule has 5 heteroatoms. The topological polar surface area (TPSA) is 75.6 Å². The molecular weight excluding hydrogens is 186 g/mol. The van der Waals surface area contributed by atoms with E-state index in [1.54, 1.807) is 13.8 Å². The van der Waals surface area contributed by atoms with Crippen molar-refractivity contribution in [1.29, 1.82) is 0 Å². The van der Waals surface area contributed by atoms with Gasteiger partial charge in [0.1, 0.15) is 11.1 Å². The number of rotatable bonds is 2. The molecule has 0 heterocycles. The summed E-state index contributed by atoms with van der Waals surface area (Å²) in [6.45, 7) is 5.77. The molecule has 82 valence electrons. The smallest absolute Gasteiger partial charge is 0.408 e. The quantitative estimate of drug-likeness (QED) is 0.712. The summed E-state index contributed by atoms with van der Waals surface area (Å²) in [5, 5.41) is 10.9. The zero-order valence-electron chi connectivity index (χ0n) is 9.88. The zero-order valence-corrected chi connectivity index (χ0v) is 8.88. The van der Waals surface area contributed by atoms with Crippen LogP contribution < -0.4 is 5.32 Å². The van der Waals surface area contributed by atoms with Crippen LogP contribution in [0.1, 0.15) is 36.0 Å². The first-order valence-electron chi connectivity index (χ1n) is 4.85. The van der Waals surface area contributed by atoms with E-state index in [-0.39, 0.29) is 6.90 Å². The molecule has 2 N–H and O–H groups in total. The second-order valence-corrected chi connectivity index (χ2v) is 4.20. The molecule has 0 rings (SSSR count). The number of carboxylic acid groups (broad SMARTS) is 1.